The van der Waals surface area contributed by atoms with E-state index in [2.05, 4.69) is 35.6 Å². The van der Waals surface area contributed by atoms with Gasteiger partial charge < -0.3 is 5.11 Å². The van der Waals surface area contributed by atoms with Crippen molar-refractivity contribution in [3.05, 3.63) is 46.5 Å². The molecule has 0 radical (unpaired) electrons. The number of hydrogen-bond donors (Lipinski definition) is 1. The van der Waals surface area contributed by atoms with Crippen LogP contribution in [0.3, 0.4) is 0 Å². The lowest BCUT2D eigenvalue weighted by atomic mass is 9.99. The summed E-state index contributed by atoms with van der Waals surface area (Å²) < 4.78 is 3.77. The summed E-state index contributed by atoms with van der Waals surface area (Å²) in [6, 6.07) is 8.09. The summed E-state index contributed by atoms with van der Waals surface area (Å²) in [7, 11) is 0. The molecule has 2 rings (SSSR count). The topological polar surface area (TPSA) is 46.0 Å². The van der Waals surface area contributed by atoms with Crippen molar-refractivity contribution in [3.8, 4) is 0 Å². The van der Waals surface area contributed by atoms with Crippen molar-refractivity contribution in [3.63, 3.8) is 0 Å². The van der Waals surface area contributed by atoms with Crippen LogP contribution in [0.15, 0.2) is 30.5 Å². The predicted molar refractivity (Wildman–Crippen MR) is 69.0 cm³/mol. The fourth-order valence-electron chi connectivity index (χ4n) is 1.82. The minimum absolute atomic E-state index is 0.609. The van der Waals surface area contributed by atoms with Gasteiger partial charge in [-0.3, -0.25) is 0 Å². The summed E-state index contributed by atoms with van der Waals surface area (Å²) in [5, 5.41) is 13.9. The highest BCUT2D eigenvalue weighted by Gasteiger charge is 2.13. The van der Waals surface area contributed by atoms with E-state index in [4.69, 9.17) is 0 Å². The lowest BCUT2D eigenvalue weighted by Crippen LogP contribution is -2.00. The molecule has 3 nitrogen and oxygen atoms in total. The second-order valence-electron chi connectivity index (χ2n) is 4.57. The number of aliphatic hydroxyl groups is 1. The summed E-state index contributed by atoms with van der Waals surface area (Å²) in [4.78, 5) is 0.784. The molecule has 0 fully saturated rings. The van der Waals surface area contributed by atoms with Crippen LogP contribution >= 0.6 is 11.5 Å². The van der Waals surface area contributed by atoms with Crippen LogP contribution in [0.1, 0.15) is 36.0 Å². The highest BCUT2D eigenvalue weighted by atomic mass is 32.1. The van der Waals surface area contributed by atoms with E-state index in [0.717, 1.165) is 16.9 Å². The molecule has 4 heteroatoms. The van der Waals surface area contributed by atoms with Gasteiger partial charge in [-0.2, -0.15) is 0 Å². The maximum absolute atomic E-state index is 10.2. The molecule has 1 heterocycles. The summed E-state index contributed by atoms with van der Waals surface area (Å²) in [5.41, 5.74) is 2.17. The zero-order valence-electron chi connectivity index (χ0n) is 10.00. The van der Waals surface area contributed by atoms with Crippen LogP contribution in [0.2, 0.25) is 0 Å². The van der Waals surface area contributed by atoms with Crippen LogP contribution in [-0.2, 0) is 6.42 Å². The second kappa shape index (κ2) is 5.38. The highest BCUT2D eigenvalue weighted by molar-refractivity contribution is 7.05. The third-order valence-electron chi connectivity index (χ3n) is 2.56. The van der Waals surface area contributed by atoms with Crippen molar-refractivity contribution in [2.75, 3.05) is 0 Å². The first-order valence-electron chi connectivity index (χ1n) is 5.71. The van der Waals surface area contributed by atoms with Crippen molar-refractivity contribution in [1.29, 1.82) is 0 Å². The van der Waals surface area contributed by atoms with Crippen LogP contribution < -0.4 is 0 Å². The quantitative estimate of drug-likeness (QED) is 0.905. The Morgan fingerprint density at radius 1 is 1.35 bits per heavy atom. The lowest BCUT2D eigenvalue weighted by Gasteiger charge is -2.11. The minimum atomic E-state index is -0.609. The van der Waals surface area contributed by atoms with Crippen LogP contribution in [0, 0.1) is 5.92 Å². The van der Waals surface area contributed by atoms with E-state index in [-0.39, 0.29) is 0 Å². The number of benzene rings is 1. The van der Waals surface area contributed by atoms with Crippen molar-refractivity contribution < 1.29 is 5.11 Å². The van der Waals surface area contributed by atoms with E-state index in [9.17, 15) is 5.11 Å². The molecule has 17 heavy (non-hydrogen) atoms. The Bertz CT molecular complexity index is 468. The van der Waals surface area contributed by atoms with Gasteiger partial charge in [-0.1, -0.05) is 42.6 Å². The van der Waals surface area contributed by atoms with Gasteiger partial charge in [0.15, 0.2) is 0 Å². The summed E-state index contributed by atoms with van der Waals surface area (Å²) in [6.07, 6.45) is 2.04. The Hall–Kier alpha value is -1.26. The number of aliphatic hydroxyl groups excluding tert-OH is 1. The maximum atomic E-state index is 10.2. The first-order valence-corrected chi connectivity index (χ1v) is 6.48. The third kappa shape index (κ3) is 3.11. The van der Waals surface area contributed by atoms with Gasteiger partial charge in [-0.15, -0.1) is 5.10 Å². The average molecular weight is 248 g/mol. The lowest BCUT2D eigenvalue weighted by molar-refractivity contribution is 0.224. The molecule has 0 saturated heterocycles. The Labute approximate surface area is 105 Å². The minimum Gasteiger partial charge on any atom is -0.383 e. The van der Waals surface area contributed by atoms with Crippen molar-refractivity contribution in [1.82, 2.24) is 9.59 Å². The molecule has 1 aromatic heterocycles. The highest BCUT2D eigenvalue weighted by Crippen LogP contribution is 2.24. The first-order chi connectivity index (χ1) is 8.16. The standard InChI is InChI=1S/C13H16N2OS/c1-9(2)6-10-4-3-5-11(7-10)13(16)12-8-14-15-17-12/h3-5,7-9,13,16H,6H2,1-2H3. The molecule has 90 valence electrons. The molecule has 0 aliphatic rings. The van der Waals surface area contributed by atoms with Gasteiger partial charge >= 0.3 is 0 Å². The zero-order chi connectivity index (χ0) is 12.3. The van der Waals surface area contributed by atoms with Gasteiger partial charge in [-0.05, 0) is 35.0 Å². The number of aromatic nitrogens is 2. The van der Waals surface area contributed by atoms with E-state index >= 15 is 0 Å². The molecular weight excluding hydrogens is 232 g/mol. The molecule has 1 N–H and O–H groups in total. The van der Waals surface area contributed by atoms with Crippen molar-refractivity contribution in [2.24, 2.45) is 5.92 Å². The average Bonchev–Trinajstić information content (AvgIpc) is 2.81. The van der Waals surface area contributed by atoms with E-state index in [1.54, 1.807) is 6.20 Å². The SMILES string of the molecule is CC(C)Cc1cccc(C(O)c2cnns2)c1. The number of nitrogens with zero attached hydrogens (tertiary/aromatic N) is 2. The van der Waals surface area contributed by atoms with Crippen LogP contribution in [-0.4, -0.2) is 14.7 Å². The number of hydrogen-bond acceptors (Lipinski definition) is 4. The van der Waals surface area contributed by atoms with Crippen molar-refractivity contribution in [2.45, 2.75) is 26.4 Å². The van der Waals surface area contributed by atoms with Gasteiger partial charge in [0.1, 0.15) is 6.10 Å². The Balaban J connectivity index is 2.21. The normalized spacial score (nSPS) is 12.9. The maximum Gasteiger partial charge on any atom is 0.116 e. The molecule has 1 atom stereocenters. The predicted octanol–water partition coefficient (Wildman–Crippen LogP) is 2.82. The fraction of sp³-hybridized carbons (Fsp3) is 0.385. The van der Waals surface area contributed by atoms with E-state index in [1.165, 1.54) is 17.1 Å². The smallest absolute Gasteiger partial charge is 0.116 e. The molecule has 2 aromatic rings. The molecule has 0 bridgehead atoms. The molecule has 1 aromatic carbocycles. The number of rotatable bonds is 4. The molecular formula is C13H16N2OS. The molecule has 0 aliphatic carbocycles. The van der Waals surface area contributed by atoms with E-state index in [1.807, 2.05) is 12.1 Å². The molecule has 0 saturated carbocycles. The summed E-state index contributed by atoms with van der Waals surface area (Å²) in [5.74, 6) is 0.618. The third-order valence-corrected chi connectivity index (χ3v) is 3.27. The van der Waals surface area contributed by atoms with Gasteiger partial charge in [0.05, 0.1) is 11.1 Å². The first kappa shape index (κ1) is 12.2. The summed E-state index contributed by atoms with van der Waals surface area (Å²) in [6.45, 7) is 4.38. The fourth-order valence-corrected chi connectivity index (χ4v) is 2.34. The van der Waals surface area contributed by atoms with Crippen LogP contribution in [0.5, 0.6) is 0 Å². The molecule has 1 unspecified atom stereocenters. The zero-order valence-corrected chi connectivity index (χ0v) is 10.8. The molecule has 0 spiro atoms. The Kier molecular flexibility index (Phi) is 3.86. The molecule has 0 aliphatic heterocycles. The van der Waals surface area contributed by atoms with Crippen LogP contribution in [0.4, 0.5) is 0 Å². The van der Waals surface area contributed by atoms with Gasteiger partial charge in [0.25, 0.3) is 0 Å². The summed E-state index contributed by atoms with van der Waals surface area (Å²) >= 11 is 1.23. The Morgan fingerprint density at radius 3 is 2.82 bits per heavy atom. The van der Waals surface area contributed by atoms with Crippen molar-refractivity contribution >= 4 is 11.5 Å². The van der Waals surface area contributed by atoms with Crippen LogP contribution in [0.25, 0.3) is 0 Å². The van der Waals surface area contributed by atoms with E-state index in [0.29, 0.717) is 5.92 Å². The van der Waals surface area contributed by atoms with Gasteiger partial charge in [0, 0.05) is 0 Å². The monoisotopic (exact) mass is 248 g/mol. The molecule has 0 amide bonds. The largest absolute Gasteiger partial charge is 0.383 e. The second-order valence-corrected chi connectivity index (χ2v) is 5.38. The van der Waals surface area contributed by atoms with Gasteiger partial charge in [-0.25, -0.2) is 0 Å². The Morgan fingerprint density at radius 2 is 2.18 bits per heavy atom. The van der Waals surface area contributed by atoms with E-state index < -0.39 is 6.10 Å². The van der Waals surface area contributed by atoms with Gasteiger partial charge in [0.2, 0.25) is 0 Å².